The molecule has 3 rings (SSSR count). The number of benzene rings is 2. The second kappa shape index (κ2) is 5.96. The minimum absolute atomic E-state index is 0.0991. The highest BCUT2D eigenvalue weighted by molar-refractivity contribution is 7.90. The maximum absolute atomic E-state index is 12.6. The molecule has 2 amide bonds. The number of hydrogen-bond donors (Lipinski definition) is 1. The number of alkyl halides is 3. The molecule has 0 atom stereocenters. The van der Waals surface area contributed by atoms with Crippen LogP contribution in [0.2, 0.25) is 0 Å². The van der Waals surface area contributed by atoms with Crippen LogP contribution in [0.25, 0.3) is 0 Å². The van der Waals surface area contributed by atoms with E-state index in [1.165, 1.54) is 36.4 Å². The van der Waals surface area contributed by atoms with Crippen LogP contribution in [0.15, 0.2) is 53.4 Å². The average molecular weight is 372 g/mol. The van der Waals surface area contributed by atoms with Crippen LogP contribution in [0.1, 0.15) is 5.56 Å². The van der Waals surface area contributed by atoms with Crippen LogP contribution in [-0.2, 0) is 16.6 Å². The molecule has 2 aromatic rings. The molecule has 2 aromatic carbocycles. The first-order valence-corrected chi connectivity index (χ1v) is 8.39. The second-order valence-corrected chi connectivity index (χ2v) is 6.92. The summed E-state index contributed by atoms with van der Waals surface area (Å²) in [7, 11) is -4.21. The van der Waals surface area contributed by atoms with E-state index in [0.717, 1.165) is 6.07 Å². The van der Waals surface area contributed by atoms with Gasteiger partial charge in [-0.3, -0.25) is 0 Å². The van der Waals surface area contributed by atoms with Crippen molar-refractivity contribution >= 4 is 21.7 Å². The van der Waals surface area contributed by atoms with Crippen molar-refractivity contribution in [1.82, 2.24) is 4.31 Å². The predicted molar refractivity (Wildman–Crippen MR) is 81.3 cm³/mol. The number of anilines is 1. The average Bonchev–Trinajstić information content (AvgIpc) is 2.51. The normalized spacial score (nSPS) is 16.1. The van der Waals surface area contributed by atoms with Crippen LogP contribution >= 0.6 is 0 Å². The number of sulfonamides is 1. The van der Waals surface area contributed by atoms with Gasteiger partial charge >= 0.3 is 12.4 Å². The van der Waals surface area contributed by atoms with Gasteiger partial charge < -0.3 is 10.1 Å². The SMILES string of the molecule is O=C1Nc2ccccc2S(=O)(=O)N1Cc1ccccc1OC(F)(F)F. The van der Waals surface area contributed by atoms with E-state index in [9.17, 15) is 26.4 Å². The smallest absolute Gasteiger partial charge is 0.405 e. The first-order chi connectivity index (χ1) is 11.7. The molecule has 0 saturated carbocycles. The number of ether oxygens (including phenoxy) is 1. The van der Waals surface area contributed by atoms with Crippen molar-refractivity contribution in [3.8, 4) is 5.75 Å². The summed E-state index contributed by atoms with van der Waals surface area (Å²) in [5.74, 6) is -0.572. The molecule has 6 nitrogen and oxygen atoms in total. The lowest BCUT2D eigenvalue weighted by molar-refractivity contribution is -0.274. The molecule has 0 radical (unpaired) electrons. The van der Waals surface area contributed by atoms with Crippen LogP contribution in [0.4, 0.5) is 23.7 Å². The first kappa shape index (κ1) is 17.1. The molecule has 0 bridgehead atoms. The van der Waals surface area contributed by atoms with Gasteiger partial charge in [0.2, 0.25) is 0 Å². The zero-order valence-electron chi connectivity index (χ0n) is 12.4. The Bertz CT molecular complexity index is 928. The van der Waals surface area contributed by atoms with Gasteiger partial charge in [0.25, 0.3) is 10.0 Å². The minimum Gasteiger partial charge on any atom is -0.405 e. The first-order valence-electron chi connectivity index (χ1n) is 6.95. The number of fused-ring (bicyclic) bond motifs is 1. The van der Waals surface area contributed by atoms with E-state index in [1.54, 1.807) is 6.07 Å². The van der Waals surface area contributed by atoms with E-state index in [2.05, 4.69) is 10.1 Å². The highest BCUT2D eigenvalue weighted by Gasteiger charge is 2.38. The highest BCUT2D eigenvalue weighted by atomic mass is 32.2. The molecule has 1 heterocycles. The Morgan fingerprint density at radius 3 is 2.40 bits per heavy atom. The van der Waals surface area contributed by atoms with Gasteiger partial charge in [-0.2, -0.15) is 0 Å². The number of hydrogen-bond acceptors (Lipinski definition) is 4. The standard InChI is InChI=1S/C15H11F3N2O4S/c16-15(17,18)24-12-7-3-1-5-10(12)9-20-14(21)19-11-6-2-4-8-13(11)25(20,22)23/h1-8H,9H2,(H,19,21). The number of carbonyl (C=O) groups excluding carboxylic acids is 1. The Balaban J connectivity index is 1.98. The highest BCUT2D eigenvalue weighted by Crippen LogP contribution is 2.33. The van der Waals surface area contributed by atoms with Crippen LogP contribution in [0.3, 0.4) is 0 Å². The molecule has 10 heteroatoms. The molecule has 0 spiro atoms. The third-order valence-electron chi connectivity index (χ3n) is 3.44. The van der Waals surface area contributed by atoms with Crippen molar-refractivity contribution in [2.24, 2.45) is 0 Å². The summed E-state index contributed by atoms with van der Waals surface area (Å²) in [6, 6.07) is 9.82. The second-order valence-electron chi connectivity index (χ2n) is 5.09. The van der Waals surface area contributed by atoms with Crippen molar-refractivity contribution in [3.05, 3.63) is 54.1 Å². The van der Waals surface area contributed by atoms with Gasteiger partial charge in [-0.25, -0.2) is 17.5 Å². The molecule has 0 saturated heterocycles. The summed E-state index contributed by atoms with van der Waals surface area (Å²) in [5, 5.41) is 2.40. The van der Waals surface area contributed by atoms with Crippen LogP contribution in [-0.4, -0.2) is 25.1 Å². The fourth-order valence-electron chi connectivity index (χ4n) is 2.37. The van der Waals surface area contributed by atoms with E-state index in [4.69, 9.17) is 0 Å². The van der Waals surface area contributed by atoms with E-state index in [0.29, 0.717) is 4.31 Å². The third-order valence-corrected chi connectivity index (χ3v) is 5.22. The maximum Gasteiger partial charge on any atom is 0.573 e. The van der Waals surface area contributed by atoms with Gasteiger partial charge in [0.15, 0.2) is 0 Å². The van der Waals surface area contributed by atoms with Crippen molar-refractivity contribution in [2.75, 3.05) is 5.32 Å². The number of carbonyl (C=O) groups is 1. The predicted octanol–water partition coefficient (Wildman–Crippen LogP) is 3.32. The van der Waals surface area contributed by atoms with Gasteiger partial charge in [0, 0.05) is 5.56 Å². The van der Waals surface area contributed by atoms with Crippen molar-refractivity contribution in [3.63, 3.8) is 0 Å². The van der Waals surface area contributed by atoms with Crippen molar-refractivity contribution in [1.29, 1.82) is 0 Å². The number of halogens is 3. The summed E-state index contributed by atoms with van der Waals surface area (Å²) in [5.41, 5.74) is 0.0153. The fourth-order valence-corrected chi connectivity index (χ4v) is 3.83. The van der Waals surface area contributed by atoms with Crippen LogP contribution in [0, 0.1) is 0 Å². The summed E-state index contributed by atoms with van der Waals surface area (Å²) < 4.78 is 67.1. The Hall–Kier alpha value is -2.75. The lowest BCUT2D eigenvalue weighted by atomic mass is 10.2. The fraction of sp³-hybridized carbons (Fsp3) is 0.133. The molecular weight excluding hydrogens is 361 g/mol. The number of rotatable bonds is 3. The molecule has 0 fully saturated rings. The number of nitrogens with one attached hydrogen (secondary N) is 1. The Morgan fingerprint density at radius 1 is 1.04 bits per heavy atom. The van der Waals surface area contributed by atoms with Gasteiger partial charge in [-0.15, -0.1) is 13.2 Å². The van der Waals surface area contributed by atoms with Gasteiger partial charge in [0.05, 0.1) is 12.2 Å². The van der Waals surface area contributed by atoms with E-state index in [-0.39, 0.29) is 16.1 Å². The molecule has 25 heavy (non-hydrogen) atoms. The molecule has 0 aromatic heterocycles. The van der Waals surface area contributed by atoms with E-state index in [1.807, 2.05) is 0 Å². The molecule has 0 aliphatic carbocycles. The topological polar surface area (TPSA) is 75.7 Å². The zero-order chi connectivity index (χ0) is 18.2. The number of amides is 2. The number of nitrogens with zero attached hydrogens (tertiary/aromatic N) is 1. The van der Waals surface area contributed by atoms with Crippen molar-refractivity contribution < 1.29 is 31.1 Å². The largest absolute Gasteiger partial charge is 0.573 e. The monoisotopic (exact) mass is 372 g/mol. The van der Waals surface area contributed by atoms with Crippen molar-refractivity contribution in [2.45, 2.75) is 17.8 Å². The molecule has 132 valence electrons. The Kier molecular flexibility index (Phi) is 4.07. The number of urea groups is 1. The van der Waals surface area contributed by atoms with Crippen LogP contribution < -0.4 is 10.1 Å². The van der Waals surface area contributed by atoms with Crippen LogP contribution in [0.5, 0.6) is 5.75 Å². The molecule has 1 aliphatic rings. The van der Waals surface area contributed by atoms with Gasteiger partial charge in [-0.05, 0) is 18.2 Å². The zero-order valence-corrected chi connectivity index (χ0v) is 13.3. The van der Waals surface area contributed by atoms with E-state index < -0.39 is 34.7 Å². The Morgan fingerprint density at radius 2 is 1.68 bits per heavy atom. The summed E-state index contributed by atoms with van der Waals surface area (Å²) in [4.78, 5) is 12.0. The van der Waals surface area contributed by atoms with Gasteiger partial charge in [0.1, 0.15) is 10.6 Å². The lowest BCUT2D eigenvalue weighted by Gasteiger charge is -2.29. The number of para-hydroxylation sites is 2. The molecular formula is C15H11F3N2O4S. The summed E-state index contributed by atoms with van der Waals surface area (Å²) in [6.45, 7) is -0.602. The summed E-state index contributed by atoms with van der Waals surface area (Å²) in [6.07, 6.45) is -4.94. The minimum atomic E-state index is -4.94. The molecule has 0 unspecified atom stereocenters. The maximum atomic E-state index is 12.6. The van der Waals surface area contributed by atoms with E-state index >= 15 is 0 Å². The third kappa shape index (κ3) is 3.38. The summed E-state index contributed by atoms with van der Waals surface area (Å²) >= 11 is 0. The molecule has 1 aliphatic heterocycles. The molecule has 1 N–H and O–H groups in total. The van der Waals surface area contributed by atoms with Gasteiger partial charge in [-0.1, -0.05) is 30.3 Å². The lowest BCUT2D eigenvalue weighted by Crippen LogP contribution is -2.43. The Labute approximate surface area is 140 Å². The quantitative estimate of drug-likeness (QED) is 0.897.